The molecular weight excluding hydrogens is 799 g/mol. The zero-order chi connectivity index (χ0) is 42.6. The molecule has 5 nitrogen and oxygen atoms in total. The summed E-state index contributed by atoms with van der Waals surface area (Å²) in [7, 11) is -1.87. The molecule has 12 rings (SSSR count). The van der Waals surface area contributed by atoms with E-state index in [-0.39, 0.29) is 0 Å². The fourth-order valence-corrected chi connectivity index (χ4v) is 13.4. The minimum absolute atomic E-state index is 0.599. The number of rotatable bonds is 6. The molecule has 3 aromatic heterocycles. The van der Waals surface area contributed by atoms with Crippen molar-refractivity contribution in [2.24, 2.45) is 0 Å². The van der Waals surface area contributed by atoms with Crippen LogP contribution in [-0.4, -0.2) is 19.5 Å². The Morgan fingerprint density at radius 3 is 1.42 bits per heavy atom. The van der Waals surface area contributed by atoms with Crippen LogP contribution in [0.25, 0.3) is 82.5 Å². The van der Waals surface area contributed by atoms with E-state index < -0.39 is 10.0 Å². The number of para-hydroxylation sites is 1. The van der Waals surface area contributed by atoms with Crippen molar-refractivity contribution in [3.8, 4) is 23.1 Å². The molecule has 0 saturated heterocycles. The van der Waals surface area contributed by atoms with Crippen LogP contribution in [-0.2, 0) is 0 Å². The van der Waals surface area contributed by atoms with Gasteiger partial charge in [0, 0.05) is 57.8 Å². The van der Waals surface area contributed by atoms with E-state index in [1.165, 1.54) is 19.6 Å². The topological polar surface area (TPSA) is 67.4 Å². The molecule has 0 saturated carbocycles. The Kier molecular flexibility index (Phi) is 8.89. The molecule has 0 aliphatic rings. The third-order valence-electron chi connectivity index (χ3n) is 12.3. The molecule has 0 N–H and O–H groups in total. The Hall–Kier alpha value is -8.37. The lowest BCUT2D eigenvalue weighted by molar-refractivity contribution is 1.18. The van der Waals surface area contributed by atoms with Crippen molar-refractivity contribution >= 4 is 75.4 Å². The zero-order valence-electron chi connectivity index (χ0n) is 34.5. The van der Waals surface area contributed by atoms with E-state index in [2.05, 4.69) is 217 Å². The van der Waals surface area contributed by atoms with E-state index in [1.54, 1.807) is 0 Å². The van der Waals surface area contributed by atoms with Crippen molar-refractivity contribution in [1.82, 2.24) is 19.5 Å². The van der Waals surface area contributed by atoms with Crippen molar-refractivity contribution in [3.63, 3.8) is 0 Å². The summed E-state index contributed by atoms with van der Waals surface area (Å²) in [4.78, 5) is 20.9. The number of nitriles is 1. The van der Waals surface area contributed by atoms with Gasteiger partial charge in [0.15, 0.2) is 17.1 Å². The lowest BCUT2D eigenvalue weighted by atomic mass is 10.00. The fourth-order valence-electron chi connectivity index (χ4n) is 9.51. The second kappa shape index (κ2) is 15.2. The number of hydrogen-bond acceptors (Lipinski definition) is 4. The van der Waals surface area contributed by atoms with Crippen molar-refractivity contribution < 1.29 is 0 Å². The molecular formula is C58H37N5S. The summed E-state index contributed by atoms with van der Waals surface area (Å²) in [5.41, 5.74) is 5.85. The molecule has 0 spiro atoms. The third-order valence-corrected chi connectivity index (χ3v) is 16.3. The standard InChI is InChI=1S/C58H37N5S/c59-38-39-29-34-54-51(35-39)53-37-41-36-52(55(53)63(54)42-17-5-1-6-18-42)48-26-14-16-28-50(48)58-61-56(60-57(62-58)49-27-15-13-25-47(41)49)40-30-32-46(33-31-40)64(43-19-7-2-8-20-43,44-21-9-3-10-22-44)45-23-11-4-12-24-45/h1-37H. The second-order valence-corrected chi connectivity index (χ2v) is 19.0. The summed E-state index contributed by atoms with van der Waals surface area (Å²) in [6, 6.07) is 81.8. The van der Waals surface area contributed by atoms with E-state index in [9.17, 15) is 5.26 Å². The smallest absolute Gasteiger partial charge is 0.164 e. The van der Waals surface area contributed by atoms with Crippen LogP contribution in [0, 0.1) is 11.3 Å². The minimum atomic E-state index is -1.87. The number of nitrogens with zero attached hydrogens (tertiary/aromatic N) is 5. The summed E-state index contributed by atoms with van der Waals surface area (Å²) in [5.74, 6) is 0.604. The van der Waals surface area contributed by atoms with Crippen LogP contribution in [0.4, 0.5) is 0 Å². The largest absolute Gasteiger partial charge is 0.309 e. The molecule has 0 atom stereocenters. The van der Waals surface area contributed by atoms with E-state index in [0.29, 0.717) is 22.7 Å². The normalized spacial score (nSPS) is 12.0. The molecule has 0 aliphatic carbocycles. The van der Waals surface area contributed by atoms with Gasteiger partial charge < -0.3 is 4.57 Å². The monoisotopic (exact) mass is 835 g/mol. The molecule has 0 radical (unpaired) electrons. The van der Waals surface area contributed by atoms with Crippen molar-refractivity contribution in [2.45, 2.75) is 19.6 Å². The first-order valence-electron chi connectivity index (χ1n) is 21.3. The van der Waals surface area contributed by atoms with Gasteiger partial charge in [0.1, 0.15) is 0 Å². The quantitative estimate of drug-likeness (QED) is 0.167. The highest BCUT2D eigenvalue weighted by atomic mass is 32.3. The number of hydrogen-bond donors (Lipinski definition) is 0. The van der Waals surface area contributed by atoms with Gasteiger partial charge in [-0.15, -0.1) is 10.0 Å². The van der Waals surface area contributed by atoms with Gasteiger partial charge in [0.2, 0.25) is 0 Å². The van der Waals surface area contributed by atoms with Gasteiger partial charge in [-0.1, -0.05) is 133 Å². The first-order chi connectivity index (χ1) is 31.7. The molecule has 12 aromatic rings. The van der Waals surface area contributed by atoms with Gasteiger partial charge >= 0.3 is 0 Å². The maximum atomic E-state index is 10.1. The van der Waals surface area contributed by atoms with Gasteiger partial charge in [-0.25, -0.2) is 15.0 Å². The van der Waals surface area contributed by atoms with Crippen LogP contribution in [0.3, 0.4) is 0 Å². The Balaban J connectivity index is 1.16. The van der Waals surface area contributed by atoms with Gasteiger partial charge in [-0.05, 0) is 107 Å². The van der Waals surface area contributed by atoms with Crippen molar-refractivity contribution in [3.05, 3.63) is 230 Å². The third kappa shape index (κ3) is 5.90. The average molecular weight is 836 g/mol. The number of aromatic nitrogens is 4. The molecule has 6 heteroatoms. The molecule has 3 heterocycles. The molecule has 0 fully saturated rings. The van der Waals surface area contributed by atoms with Gasteiger partial charge in [-0.2, -0.15) is 5.26 Å². The summed E-state index contributed by atoms with van der Waals surface area (Å²) in [6.45, 7) is 0. The van der Waals surface area contributed by atoms with Crippen LogP contribution in [0.5, 0.6) is 0 Å². The van der Waals surface area contributed by atoms with Crippen LogP contribution in [0.1, 0.15) is 5.56 Å². The van der Waals surface area contributed by atoms with Gasteiger partial charge in [0.25, 0.3) is 0 Å². The molecule has 64 heavy (non-hydrogen) atoms. The van der Waals surface area contributed by atoms with Crippen molar-refractivity contribution in [2.75, 3.05) is 0 Å². The first-order valence-corrected chi connectivity index (χ1v) is 22.9. The molecule has 0 aliphatic heterocycles. The average Bonchev–Trinajstić information content (AvgIpc) is 3.71. The number of benzene rings is 9. The van der Waals surface area contributed by atoms with Crippen LogP contribution in [0.15, 0.2) is 244 Å². The van der Waals surface area contributed by atoms with Crippen LogP contribution < -0.4 is 0 Å². The lowest BCUT2D eigenvalue weighted by Crippen LogP contribution is -2.05. The maximum Gasteiger partial charge on any atom is 0.164 e. The Morgan fingerprint density at radius 1 is 0.391 bits per heavy atom. The Labute approximate surface area is 371 Å². The highest BCUT2D eigenvalue weighted by Crippen LogP contribution is 2.73. The van der Waals surface area contributed by atoms with Gasteiger partial charge in [0.05, 0.1) is 22.7 Å². The molecule has 300 valence electrons. The van der Waals surface area contributed by atoms with E-state index in [0.717, 1.165) is 65.4 Å². The van der Waals surface area contributed by atoms with E-state index in [4.69, 9.17) is 15.0 Å². The highest BCUT2D eigenvalue weighted by molar-refractivity contribution is 8.34. The van der Waals surface area contributed by atoms with Gasteiger partial charge in [-0.3, -0.25) is 0 Å². The highest BCUT2D eigenvalue weighted by Gasteiger charge is 2.33. The molecule has 4 bridgehead atoms. The SMILES string of the molecule is N#Cc1ccc2c(c1)c1cc3cc(c4ccccc4c4nc(-c5ccc(S(c6ccccc6)(c6ccccc6)c6ccccc6)cc5)nc(n4)c4ccccc34)c1n2-c1ccccc1. The van der Waals surface area contributed by atoms with Crippen LogP contribution >= 0.6 is 10.0 Å². The summed E-state index contributed by atoms with van der Waals surface area (Å²) in [6.07, 6.45) is 0. The summed E-state index contributed by atoms with van der Waals surface area (Å²) in [5, 5.41) is 18.1. The lowest BCUT2D eigenvalue weighted by Gasteiger charge is -2.42. The van der Waals surface area contributed by atoms with E-state index >= 15 is 0 Å². The van der Waals surface area contributed by atoms with Crippen LogP contribution in [0.2, 0.25) is 0 Å². The second-order valence-electron chi connectivity index (χ2n) is 15.9. The molecule has 9 aromatic carbocycles. The number of fused-ring (bicyclic) bond motifs is 14. The minimum Gasteiger partial charge on any atom is -0.309 e. The maximum absolute atomic E-state index is 10.1. The van der Waals surface area contributed by atoms with E-state index in [1.807, 2.05) is 18.2 Å². The molecule has 0 amide bonds. The Bertz CT molecular complexity index is 3730. The Morgan fingerprint density at radius 2 is 0.859 bits per heavy atom. The predicted molar refractivity (Wildman–Crippen MR) is 263 cm³/mol. The summed E-state index contributed by atoms with van der Waals surface area (Å²) >= 11 is 0. The first kappa shape index (κ1) is 37.4. The predicted octanol–water partition coefficient (Wildman–Crippen LogP) is 15.0. The molecule has 0 unspecified atom stereocenters. The zero-order valence-corrected chi connectivity index (χ0v) is 35.3. The summed E-state index contributed by atoms with van der Waals surface area (Å²) < 4.78 is 2.33. The fraction of sp³-hybridized carbons (Fsp3) is 0. The van der Waals surface area contributed by atoms with Crippen molar-refractivity contribution in [1.29, 1.82) is 5.26 Å².